The van der Waals surface area contributed by atoms with Crippen LogP contribution in [-0.2, 0) is 10.0 Å². The molecule has 3 rings (SSSR count). The molecule has 0 radical (unpaired) electrons. The number of thiophene rings is 2. The Labute approximate surface area is 132 Å². The summed E-state index contributed by atoms with van der Waals surface area (Å²) in [6.07, 6.45) is 0. The van der Waals surface area contributed by atoms with Crippen molar-refractivity contribution in [3.8, 4) is 0 Å². The first-order valence-corrected chi connectivity index (χ1v) is 9.55. The van der Waals surface area contributed by atoms with E-state index in [1.54, 1.807) is 28.8 Å². The maximum absolute atomic E-state index is 12.5. The minimum absolute atomic E-state index is 0.333. The molecule has 0 aliphatic heterocycles. The Hall–Kier alpha value is -1.47. The van der Waals surface area contributed by atoms with Gasteiger partial charge in [-0.1, -0.05) is 42.5 Å². The fraction of sp³-hybridized carbons (Fsp3) is 0.0667. The van der Waals surface area contributed by atoms with Crippen LogP contribution in [-0.4, -0.2) is 8.42 Å². The van der Waals surface area contributed by atoms with Crippen molar-refractivity contribution in [3.63, 3.8) is 0 Å². The van der Waals surface area contributed by atoms with E-state index in [-0.39, 0.29) is 6.04 Å². The summed E-state index contributed by atoms with van der Waals surface area (Å²) in [5, 5.41) is 3.71. The van der Waals surface area contributed by atoms with Crippen molar-refractivity contribution in [2.75, 3.05) is 0 Å². The summed E-state index contributed by atoms with van der Waals surface area (Å²) in [4.78, 5) is 0.973. The summed E-state index contributed by atoms with van der Waals surface area (Å²) in [5.74, 6) is 0. The van der Waals surface area contributed by atoms with Crippen molar-refractivity contribution >= 4 is 32.7 Å². The van der Waals surface area contributed by atoms with E-state index in [0.717, 1.165) is 10.4 Å². The van der Waals surface area contributed by atoms with Gasteiger partial charge in [-0.05, 0) is 28.5 Å². The summed E-state index contributed by atoms with van der Waals surface area (Å²) in [5.41, 5.74) is 0.931. The van der Waals surface area contributed by atoms with Crippen molar-refractivity contribution < 1.29 is 8.42 Å². The van der Waals surface area contributed by atoms with Crippen molar-refractivity contribution in [1.29, 1.82) is 0 Å². The van der Waals surface area contributed by atoms with Gasteiger partial charge in [-0.3, -0.25) is 0 Å². The van der Waals surface area contributed by atoms with Crippen LogP contribution in [0.3, 0.4) is 0 Å². The Morgan fingerprint density at radius 2 is 1.57 bits per heavy atom. The van der Waals surface area contributed by atoms with E-state index >= 15 is 0 Å². The second-order valence-corrected chi connectivity index (χ2v) is 8.28. The molecule has 0 saturated carbocycles. The number of sulfonamides is 1. The molecule has 0 fully saturated rings. The van der Waals surface area contributed by atoms with Gasteiger partial charge in [0, 0.05) is 4.88 Å². The first kappa shape index (κ1) is 14.5. The summed E-state index contributed by atoms with van der Waals surface area (Å²) in [7, 11) is -3.52. The molecule has 1 unspecified atom stereocenters. The van der Waals surface area contributed by atoms with Gasteiger partial charge in [0.2, 0.25) is 0 Å². The highest BCUT2D eigenvalue weighted by Crippen LogP contribution is 2.28. The summed E-state index contributed by atoms with van der Waals surface area (Å²) in [6.45, 7) is 0. The van der Waals surface area contributed by atoms with Crippen LogP contribution in [0.15, 0.2) is 69.6 Å². The van der Waals surface area contributed by atoms with Crippen molar-refractivity contribution in [1.82, 2.24) is 4.72 Å². The average molecular weight is 335 g/mol. The fourth-order valence-corrected chi connectivity index (χ4v) is 5.11. The van der Waals surface area contributed by atoms with Crippen LogP contribution >= 0.6 is 22.7 Å². The van der Waals surface area contributed by atoms with Crippen LogP contribution in [0.4, 0.5) is 0 Å². The predicted octanol–water partition coefficient (Wildman–Crippen LogP) is 3.88. The summed E-state index contributed by atoms with van der Waals surface area (Å²) < 4.78 is 28.1. The van der Waals surface area contributed by atoms with Gasteiger partial charge in [0.1, 0.15) is 4.21 Å². The zero-order valence-corrected chi connectivity index (χ0v) is 13.4. The lowest BCUT2D eigenvalue weighted by atomic mass is 10.1. The zero-order chi connectivity index (χ0) is 14.7. The largest absolute Gasteiger partial charge is 0.250 e. The normalized spacial score (nSPS) is 13.1. The zero-order valence-electron chi connectivity index (χ0n) is 11.0. The Balaban J connectivity index is 1.98. The first-order chi connectivity index (χ1) is 10.2. The van der Waals surface area contributed by atoms with Gasteiger partial charge in [-0.25, -0.2) is 8.42 Å². The van der Waals surface area contributed by atoms with E-state index < -0.39 is 10.0 Å². The summed E-state index contributed by atoms with van der Waals surface area (Å²) in [6, 6.07) is 16.5. The van der Waals surface area contributed by atoms with Crippen molar-refractivity contribution in [2.45, 2.75) is 10.3 Å². The molecule has 3 aromatic rings. The quantitative estimate of drug-likeness (QED) is 0.769. The van der Waals surface area contributed by atoms with E-state index in [9.17, 15) is 8.42 Å². The maximum atomic E-state index is 12.5. The lowest BCUT2D eigenvalue weighted by Gasteiger charge is -2.17. The van der Waals surface area contributed by atoms with Gasteiger partial charge in [0.05, 0.1) is 6.04 Å². The molecule has 2 aromatic heterocycles. The van der Waals surface area contributed by atoms with Crippen LogP contribution in [0.25, 0.3) is 0 Å². The van der Waals surface area contributed by atoms with Crippen molar-refractivity contribution in [2.24, 2.45) is 0 Å². The van der Waals surface area contributed by atoms with Gasteiger partial charge in [0.25, 0.3) is 10.0 Å². The second-order valence-electron chi connectivity index (χ2n) is 4.41. The van der Waals surface area contributed by atoms with Crippen molar-refractivity contribution in [3.05, 3.63) is 75.8 Å². The lowest BCUT2D eigenvalue weighted by molar-refractivity contribution is 0.575. The molecule has 0 spiro atoms. The molecule has 0 saturated heterocycles. The Bertz CT molecular complexity index is 779. The van der Waals surface area contributed by atoms with Gasteiger partial charge in [-0.2, -0.15) is 4.72 Å². The molecule has 1 aromatic carbocycles. The average Bonchev–Trinajstić information content (AvgIpc) is 3.19. The first-order valence-electron chi connectivity index (χ1n) is 6.31. The molecule has 6 heteroatoms. The van der Waals surface area contributed by atoms with Gasteiger partial charge < -0.3 is 0 Å². The van der Waals surface area contributed by atoms with E-state index in [1.165, 1.54) is 11.3 Å². The van der Waals surface area contributed by atoms with Crippen LogP contribution < -0.4 is 4.72 Å². The molecule has 0 amide bonds. The Morgan fingerprint density at radius 3 is 2.19 bits per heavy atom. The Kier molecular flexibility index (Phi) is 4.21. The molecule has 108 valence electrons. The van der Waals surface area contributed by atoms with Gasteiger partial charge in [-0.15, -0.1) is 22.7 Å². The molecular weight excluding hydrogens is 322 g/mol. The smallest absolute Gasteiger partial charge is 0.206 e. The molecule has 0 aliphatic carbocycles. The minimum Gasteiger partial charge on any atom is -0.206 e. The molecule has 3 nitrogen and oxygen atoms in total. The molecule has 2 heterocycles. The highest BCUT2D eigenvalue weighted by Gasteiger charge is 2.24. The van der Waals surface area contributed by atoms with Crippen LogP contribution in [0.5, 0.6) is 0 Å². The topological polar surface area (TPSA) is 46.2 Å². The number of hydrogen-bond acceptors (Lipinski definition) is 4. The monoisotopic (exact) mass is 335 g/mol. The molecule has 1 N–H and O–H groups in total. The number of rotatable bonds is 5. The van der Waals surface area contributed by atoms with Gasteiger partial charge >= 0.3 is 0 Å². The van der Waals surface area contributed by atoms with Crippen LogP contribution in [0, 0.1) is 0 Å². The predicted molar refractivity (Wildman–Crippen MR) is 87.2 cm³/mol. The second kappa shape index (κ2) is 6.11. The number of nitrogens with one attached hydrogen (secondary N) is 1. The third kappa shape index (κ3) is 3.24. The molecule has 0 bridgehead atoms. The molecule has 0 aliphatic rings. The van der Waals surface area contributed by atoms with E-state index in [2.05, 4.69) is 4.72 Å². The minimum atomic E-state index is -3.52. The third-order valence-electron chi connectivity index (χ3n) is 2.99. The van der Waals surface area contributed by atoms with E-state index in [4.69, 9.17) is 0 Å². The molecule has 1 atom stereocenters. The Morgan fingerprint density at radius 1 is 0.857 bits per heavy atom. The van der Waals surface area contributed by atoms with E-state index in [0.29, 0.717) is 4.21 Å². The lowest BCUT2D eigenvalue weighted by Crippen LogP contribution is -2.28. The summed E-state index contributed by atoms with van der Waals surface area (Å²) >= 11 is 2.76. The highest BCUT2D eigenvalue weighted by molar-refractivity contribution is 7.91. The maximum Gasteiger partial charge on any atom is 0.250 e. The fourth-order valence-electron chi connectivity index (χ4n) is 2.02. The molecule has 21 heavy (non-hydrogen) atoms. The number of benzene rings is 1. The SMILES string of the molecule is O=S(=O)(NC(c1ccccc1)c1cccs1)c1cccs1. The standard InChI is InChI=1S/C15H13NO2S3/c17-21(18,14-9-5-11-20-14)16-15(13-8-4-10-19-13)12-6-2-1-3-7-12/h1-11,15-16H. The highest BCUT2D eigenvalue weighted by atomic mass is 32.2. The third-order valence-corrected chi connectivity index (χ3v) is 6.75. The number of hydrogen-bond donors (Lipinski definition) is 1. The van der Waals surface area contributed by atoms with Crippen LogP contribution in [0.2, 0.25) is 0 Å². The van der Waals surface area contributed by atoms with E-state index in [1.807, 2.05) is 47.8 Å². The molecular formula is C15H13NO2S3. The van der Waals surface area contributed by atoms with Crippen LogP contribution in [0.1, 0.15) is 16.5 Å². The van der Waals surface area contributed by atoms with Gasteiger partial charge in [0.15, 0.2) is 0 Å².